The maximum Gasteiger partial charge on any atom is 0.472 e. The summed E-state index contributed by atoms with van der Waals surface area (Å²) in [4.78, 5) is 34.9. The van der Waals surface area contributed by atoms with Crippen LogP contribution in [-0.2, 0) is 32.7 Å². The lowest BCUT2D eigenvalue weighted by Crippen LogP contribution is -2.29. The molecule has 0 saturated heterocycles. The van der Waals surface area contributed by atoms with Crippen LogP contribution in [0.2, 0.25) is 0 Å². The van der Waals surface area contributed by atoms with Gasteiger partial charge in [-0.2, -0.15) is 0 Å². The lowest BCUT2D eigenvalue weighted by molar-refractivity contribution is -0.161. The Bertz CT molecular complexity index is 1130. The van der Waals surface area contributed by atoms with Gasteiger partial charge in [0.25, 0.3) is 0 Å². The number of aliphatic hydroxyl groups is 3. The Balaban J connectivity index is 4.41. The van der Waals surface area contributed by atoms with E-state index in [1.807, 2.05) is 19.1 Å². The Hall–Kier alpha value is -2.37. The number of aliphatic hydroxyl groups excluding tert-OH is 3. The molecule has 0 fully saturated rings. The fraction of sp³-hybridized carbons (Fsp3) is 0.727. The first-order valence-corrected chi connectivity index (χ1v) is 22.8. The highest BCUT2D eigenvalue weighted by molar-refractivity contribution is 7.47. The van der Waals surface area contributed by atoms with Crippen molar-refractivity contribution in [3.05, 3.63) is 60.8 Å². The normalized spacial score (nSPS) is 15.0. The van der Waals surface area contributed by atoms with Gasteiger partial charge in [-0.1, -0.05) is 119 Å². The molecule has 12 heteroatoms. The van der Waals surface area contributed by atoms with Crippen LogP contribution < -0.4 is 0 Å². The van der Waals surface area contributed by atoms with Gasteiger partial charge in [-0.15, -0.1) is 0 Å². The van der Waals surface area contributed by atoms with Gasteiger partial charge < -0.3 is 29.7 Å². The Labute approximate surface area is 338 Å². The molecule has 1 unspecified atom stereocenters. The number of phosphoric ester groups is 1. The number of allylic oxidation sites excluding steroid dienone is 10. The second kappa shape index (κ2) is 39.5. The van der Waals surface area contributed by atoms with Crippen LogP contribution in [0.4, 0.5) is 0 Å². The summed E-state index contributed by atoms with van der Waals surface area (Å²) >= 11 is 0. The topological polar surface area (TPSA) is 169 Å². The van der Waals surface area contributed by atoms with E-state index < -0.39 is 51.8 Å². The number of rotatable bonds is 39. The fourth-order valence-electron chi connectivity index (χ4n) is 5.35. The van der Waals surface area contributed by atoms with Crippen LogP contribution in [0, 0.1) is 0 Å². The summed E-state index contributed by atoms with van der Waals surface area (Å²) in [5, 5.41) is 27.6. The molecule has 0 radical (unpaired) electrons. The second-order valence-electron chi connectivity index (χ2n) is 14.3. The molecule has 0 bridgehead atoms. The van der Waals surface area contributed by atoms with Gasteiger partial charge in [-0.3, -0.25) is 18.6 Å². The fourth-order valence-corrected chi connectivity index (χ4v) is 6.14. The maximum atomic E-state index is 12.6. The Morgan fingerprint density at radius 1 is 0.589 bits per heavy atom. The van der Waals surface area contributed by atoms with Crippen molar-refractivity contribution in [2.24, 2.45) is 0 Å². The third kappa shape index (κ3) is 39.8. The number of esters is 2. The van der Waals surface area contributed by atoms with Gasteiger partial charge in [-0.05, 0) is 90.4 Å². The van der Waals surface area contributed by atoms with Crippen molar-refractivity contribution < 1.29 is 52.9 Å². The van der Waals surface area contributed by atoms with Gasteiger partial charge in [0.1, 0.15) is 12.7 Å². The number of hydrogen-bond acceptors (Lipinski definition) is 10. The molecule has 0 aromatic carbocycles. The smallest absolute Gasteiger partial charge is 0.462 e. The van der Waals surface area contributed by atoms with E-state index in [0.717, 1.165) is 70.6 Å². The molecule has 0 amide bonds. The van der Waals surface area contributed by atoms with Crippen molar-refractivity contribution >= 4 is 19.8 Å². The third-order valence-corrected chi connectivity index (χ3v) is 9.61. The molecule has 0 saturated carbocycles. The summed E-state index contributed by atoms with van der Waals surface area (Å²) in [5.41, 5.74) is 0. The molecular formula is C44H77O11P. The molecule has 56 heavy (non-hydrogen) atoms. The molecular weight excluding hydrogens is 735 g/mol. The number of unbranched alkanes of at least 4 members (excludes halogenated alkanes) is 13. The molecule has 0 aliphatic rings. The highest BCUT2D eigenvalue weighted by atomic mass is 31.2. The Kier molecular flexibility index (Phi) is 37.8. The van der Waals surface area contributed by atoms with Crippen LogP contribution in [0.15, 0.2) is 60.8 Å². The summed E-state index contributed by atoms with van der Waals surface area (Å²) in [6.07, 6.45) is 40.3. The van der Waals surface area contributed by atoms with Gasteiger partial charge in [0.15, 0.2) is 6.10 Å². The molecule has 0 aromatic rings. The van der Waals surface area contributed by atoms with Crippen molar-refractivity contribution in [1.82, 2.24) is 0 Å². The predicted octanol–water partition coefficient (Wildman–Crippen LogP) is 10.1. The van der Waals surface area contributed by atoms with Gasteiger partial charge in [-0.25, -0.2) is 4.57 Å². The van der Waals surface area contributed by atoms with E-state index in [0.29, 0.717) is 19.3 Å². The first-order valence-electron chi connectivity index (χ1n) is 21.3. The quantitative estimate of drug-likeness (QED) is 0.0202. The van der Waals surface area contributed by atoms with E-state index in [1.54, 1.807) is 0 Å². The number of phosphoric acid groups is 1. The lowest BCUT2D eigenvalue weighted by atomic mass is 10.1. The van der Waals surface area contributed by atoms with E-state index in [4.69, 9.17) is 19.1 Å². The zero-order valence-corrected chi connectivity index (χ0v) is 35.6. The summed E-state index contributed by atoms with van der Waals surface area (Å²) < 4.78 is 32.6. The average Bonchev–Trinajstić information content (AvgIpc) is 3.17. The van der Waals surface area contributed by atoms with Gasteiger partial charge in [0.2, 0.25) is 0 Å². The van der Waals surface area contributed by atoms with Gasteiger partial charge >= 0.3 is 19.8 Å². The van der Waals surface area contributed by atoms with Gasteiger partial charge in [0.05, 0.1) is 25.9 Å². The second-order valence-corrected chi connectivity index (χ2v) is 15.7. The van der Waals surface area contributed by atoms with Crippen LogP contribution in [0.25, 0.3) is 0 Å². The number of carbonyl (C=O) groups is 2. The van der Waals surface area contributed by atoms with Crippen molar-refractivity contribution in [3.8, 4) is 0 Å². The van der Waals surface area contributed by atoms with Crippen LogP contribution in [0.5, 0.6) is 0 Å². The zero-order chi connectivity index (χ0) is 41.4. The van der Waals surface area contributed by atoms with E-state index in [2.05, 4.69) is 60.1 Å². The molecule has 4 N–H and O–H groups in total. The minimum Gasteiger partial charge on any atom is -0.462 e. The third-order valence-electron chi connectivity index (χ3n) is 8.66. The minimum absolute atomic E-state index is 0.151. The lowest BCUT2D eigenvalue weighted by Gasteiger charge is -2.20. The highest BCUT2D eigenvalue weighted by Gasteiger charge is 2.27. The maximum absolute atomic E-state index is 12.6. The molecule has 0 aromatic heterocycles. The molecule has 11 nitrogen and oxygen atoms in total. The van der Waals surface area contributed by atoms with E-state index in [-0.39, 0.29) is 25.6 Å². The summed E-state index contributed by atoms with van der Waals surface area (Å²) in [7, 11) is -4.64. The van der Waals surface area contributed by atoms with Crippen LogP contribution in [-0.4, -0.2) is 76.9 Å². The van der Waals surface area contributed by atoms with Gasteiger partial charge in [0, 0.05) is 12.8 Å². The molecule has 0 aliphatic heterocycles. The first-order chi connectivity index (χ1) is 27.1. The number of ether oxygens (including phenoxy) is 2. The molecule has 324 valence electrons. The standard InChI is InChI=1S/C44H77O11P/c1-3-4-5-6-7-8-9-10-12-17-20-23-26-29-32-35-44(49)55-42(39-54-56(50,51)53-37-41(47)36-45)38-52-43(48)34-31-28-25-22-19-16-14-11-13-15-18-21-24-27-30-33-40(2)46/h8-9,13-16,21-22,24-25,40-42,45-47H,3-7,10-12,17-20,23,26-39H2,1-2H3,(H,50,51)/b9-8-,15-13-,16-14-,24-21-,25-22-/t40-,41+,42-/m1/s1. The average molecular weight is 813 g/mol. The van der Waals surface area contributed by atoms with Crippen molar-refractivity contribution in [1.29, 1.82) is 0 Å². The van der Waals surface area contributed by atoms with Crippen LogP contribution >= 0.6 is 7.82 Å². The molecule has 0 aliphatic carbocycles. The highest BCUT2D eigenvalue weighted by Crippen LogP contribution is 2.43. The Morgan fingerprint density at radius 2 is 1.05 bits per heavy atom. The Morgan fingerprint density at radius 3 is 1.62 bits per heavy atom. The van der Waals surface area contributed by atoms with E-state index in [1.165, 1.54) is 44.9 Å². The molecule has 4 atom stereocenters. The predicted molar refractivity (Wildman–Crippen MR) is 225 cm³/mol. The summed E-state index contributed by atoms with van der Waals surface area (Å²) in [5.74, 6) is -1.02. The minimum atomic E-state index is -4.64. The van der Waals surface area contributed by atoms with E-state index >= 15 is 0 Å². The largest absolute Gasteiger partial charge is 0.472 e. The summed E-state index contributed by atoms with van der Waals surface area (Å²) in [6.45, 7) is 1.83. The van der Waals surface area contributed by atoms with Crippen molar-refractivity contribution in [3.63, 3.8) is 0 Å². The van der Waals surface area contributed by atoms with E-state index in [9.17, 15) is 29.3 Å². The molecule has 0 rings (SSSR count). The monoisotopic (exact) mass is 813 g/mol. The first kappa shape index (κ1) is 53.6. The zero-order valence-electron chi connectivity index (χ0n) is 34.7. The molecule has 0 spiro atoms. The molecule has 0 heterocycles. The van der Waals surface area contributed by atoms with Crippen LogP contribution in [0.1, 0.15) is 162 Å². The van der Waals surface area contributed by atoms with Crippen LogP contribution in [0.3, 0.4) is 0 Å². The van der Waals surface area contributed by atoms with Crippen molar-refractivity contribution in [2.45, 2.75) is 180 Å². The number of hydrogen-bond donors (Lipinski definition) is 4. The SMILES string of the molecule is CCCCCC/C=C\CCCCCCCCCC(=O)O[C@H](COC(=O)CCC/C=C\C/C=C\C/C=C\C/C=C\CCC[C@@H](C)O)COP(=O)(O)OC[C@@H](O)CO. The summed E-state index contributed by atoms with van der Waals surface area (Å²) in [6, 6.07) is 0. The van der Waals surface area contributed by atoms with Crippen molar-refractivity contribution in [2.75, 3.05) is 26.4 Å². The number of carbonyl (C=O) groups excluding carboxylic acids is 2.